The van der Waals surface area contributed by atoms with Crippen molar-refractivity contribution in [3.63, 3.8) is 0 Å². The van der Waals surface area contributed by atoms with Crippen LogP contribution < -0.4 is 5.32 Å². The van der Waals surface area contributed by atoms with Crippen LogP contribution >= 0.6 is 11.8 Å². The Balaban J connectivity index is 2.06. The van der Waals surface area contributed by atoms with Gasteiger partial charge in [0.05, 0.1) is 12.3 Å². The molecule has 0 aliphatic carbocycles. The molecule has 1 N–H and O–H groups in total. The fourth-order valence-corrected chi connectivity index (χ4v) is 2.61. The molecular weight excluding hydrogens is 272 g/mol. The van der Waals surface area contributed by atoms with Crippen molar-refractivity contribution in [3.8, 4) is 0 Å². The maximum Gasteiger partial charge on any atom is 0.230 e. The summed E-state index contributed by atoms with van der Waals surface area (Å²) in [5.41, 5.74) is 1.19. The molecule has 6 heteroatoms. The van der Waals surface area contributed by atoms with Crippen molar-refractivity contribution < 1.29 is 4.79 Å². The van der Waals surface area contributed by atoms with Crippen molar-refractivity contribution in [2.45, 2.75) is 25.5 Å². The molecule has 5 nitrogen and oxygen atoms in total. The topological polar surface area (TPSA) is 59.8 Å². The molecule has 0 radical (unpaired) electrons. The molecule has 0 saturated carbocycles. The van der Waals surface area contributed by atoms with Crippen LogP contribution in [0.1, 0.15) is 18.3 Å². The zero-order chi connectivity index (χ0) is 14.4. The molecule has 106 valence electrons. The van der Waals surface area contributed by atoms with Crippen molar-refractivity contribution in [3.05, 3.63) is 41.7 Å². The van der Waals surface area contributed by atoms with E-state index in [9.17, 15) is 4.79 Å². The SMILES string of the molecule is CCNC(=O)CSc1nnc(C)n1Cc1ccccc1. The summed E-state index contributed by atoms with van der Waals surface area (Å²) in [6.45, 7) is 5.20. The van der Waals surface area contributed by atoms with Crippen LogP contribution in [0.5, 0.6) is 0 Å². The number of thioether (sulfide) groups is 1. The third-order valence-corrected chi connectivity index (χ3v) is 3.76. The first-order valence-electron chi connectivity index (χ1n) is 6.54. The minimum Gasteiger partial charge on any atom is -0.356 e. The van der Waals surface area contributed by atoms with Crippen molar-refractivity contribution >= 4 is 17.7 Å². The van der Waals surface area contributed by atoms with Crippen molar-refractivity contribution in [2.24, 2.45) is 0 Å². The lowest BCUT2D eigenvalue weighted by molar-refractivity contribution is -0.118. The summed E-state index contributed by atoms with van der Waals surface area (Å²) >= 11 is 1.41. The number of aryl methyl sites for hydroxylation is 1. The average Bonchev–Trinajstić information content (AvgIpc) is 2.79. The number of carbonyl (C=O) groups excluding carboxylic acids is 1. The second-order valence-corrected chi connectivity index (χ2v) is 5.29. The van der Waals surface area contributed by atoms with Gasteiger partial charge in [-0.3, -0.25) is 4.79 Å². The Hall–Kier alpha value is -1.82. The average molecular weight is 290 g/mol. The van der Waals surface area contributed by atoms with E-state index < -0.39 is 0 Å². The Bertz CT molecular complexity index is 568. The molecule has 0 unspecified atom stereocenters. The summed E-state index contributed by atoms with van der Waals surface area (Å²) in [4.78, 5) is 11.5. The van der Waals surface area contributed by atoms with Gasteiger partial charge in [-0.1, -0.05) is 42.1 Å². The number of nitrogens with zero attached hydrogens (tertiary/aromatic N) is 3. The van der Waals surface area contributed by atoms with E-state index in [1.807, 2.05) is 36.6 Å². The van der Waals surface area contributed by atoms with Crippen LogP contribution in [0.3, 0.4) is 0 Å². The molecule has 1 heterocycles. The van der Waals surface area contributed by atoms with Crippen LogP contribution in [0.25, 0.3) is 0 Å². The number of amides is 1. The van der Waals surface area contributed by atoms with Crippen molar-refractivity contribution in [1.82, 2.24) is 20.1 Å². The lowest BCUT2D eigenvalue weighted by atomic mass is 10.2. The number of aromatic nitrogens is 3. The van der Waals surface area contributed by atoms with Gasteiger partial charge in [-0.2, -0.15) is 0 Å². The number of hydrogen-bond donors (Lipinski definition) is 1. The Labute approximate surface area is 122 Å². The van der Waals surface area contributed by atoms with Gasteiger partial charge in [0, 0.05) is 6.54 Å². The molecule has 20 heavy (non-hydrogen) atoms. The van der Waals surface area contributed by atoms with Gasteiger partial charge in [0.25, 0.3) is 0 Å². The van der Waals surface area contributed by atoms with Crippen LogP contribution in [-0.4, -0.2) is 33.0 Å². The zero-order valence-electron chi connectivity index (χ0n) is 11.7. The highest BCUT2D eigenvalue weighted by molar-refractivity contribution is 7.99. The molecule has 0 aliphatic heterocycles. The van der Waals surface area contributed by atoms with E-state index >= 15 is 0 Å². The molecule has 2 rings (SSSR count). The summed E-state index contributed by atoms with van der Waals surface area (Å²) < 4.78 is 2.03. The largest absolute Gasteiger partial charge is 0.356 e. The summed E-state index contributed by atoms with van der Waals surface area (Å²) in [6, 6.07) is 10.1. The zero-order valence-corrected chi connectivity index (χ0v) is 12.5. The highest BCUT2D eigenvalue weighted by Gasteiger charge is 2.11. The van der Waals surface area contributed by atoms with Gasteiger partial charge in [-0.15, -0.1) is 10.2 Å². The van der Waals surface area contributed by atoms with Gasteiger partial charge < -0.3 is 9.88 Å². The van der Waals surface area contributed by atoms with Crippen LogP contribution in [0.15, 0.2) is 35.5 Å². The summed E-state index contributed by atoms with van der Waals surface area (Å²) in [7, 11) is 0. The number of benzene rings is 1. The van der Waals surface area contributed by atoms with Crippen molar-refractivity contribution in [2.75, 3.05) is 12.3 Å². The monoisotopic (exact) mass is 290 g/mol. The van der Waals surface area contributed by atoms with Crippen molar-refractivity contribution in [1.29, 1.82) is 0 Å². The van der Waals surface area contributed by atoms with Gasteiger partial charge >= 0.3 is 0 Å². The van der Waals surface area contributed by atoms with Gasteiger partial charge in [-0.05, 0) is 19.4 Å². The number of rotatable bonds is 6. The minimum absolute atomic E-state index is 0.0180. The van der Waals surface area contributed by atoms with E-state index in [-0.39, 0.29) is 5.91 Å². The fraction of sp³-hybridized carbons (Fsp3) is 0.357. The second-order valence-electron chi connectivity index (χ2n) is 4.34. The van der Waals surface area contributed by atoms with E-state index in [2.05, 4.69) is 27.6 Å². The van der Waals surface area contributed by atoms with Gasteiger partial charge in [0.2, 0.25) is 5.91 Å². The highest BCUT2D eigenvalue weighted by Crippen LogP contribution is 2.18. The molecule has 0 fully saturated rings. The summed E-state index contributed by atoms with van der Waals surface area (Å²) in [6.07, 6.45) is 0. The molecule has 1 aromatic heterocycles. The molecule has 0 bridgehead atoms. The quantitative estimate of drug-likeness (QED) is 0.825. The predicted octanol–water partition coefficient (Wildman–Crippen LogP) is 1.86. The van der Waals surface area contributed by atoms with E-state index in [0.29, 0.717) is 12.3 Å². The fourth-order valence-electron chi connectivity index (χ4n) is 1.79. The lowest BCUT2D eigenvalue weighted by Gasteiger charge is -2.08. The molecule has 0 spiro atoms. The van der Waals surface area contributed by atoms with Crippen LogP contribution in [-0.2, 0) is 11.3 Å². The third-order valence-electron chi connectivity index (χ3n) is 2.79. The Morgan fingerprint density at radius 2 is 2.05 bits per heavy atom. The maximum absolute atomic E-state index is 11.5. The molecule has 1 amide bonds. The van der Waals surface area contributed by atoms with E-state index in [0.717, 1.165) is 17.5 Å². The second kappa shape index (κ2) is 7.09. The molecule has 0 aliphatic rings. The Morgan fingerprint density at radius 3 is 2.75 bits per heavy atom. The van der Waals surface area contributed by atoms with Gasteiger partial charge in [0.15, 0.2) is 5.16 Å². The first kappa shape index (κ1) is 14.6. The predicted molar refractivity (Wildman–Crippen MR) is 79.7 cm³/mol. The first-order valence-corrected chi connectivity index (χ1v) is 7.52. The normalized spacial score (nSPS) is 10.5. The summed E-state index contributed by atoms with van der Waals surface area (Å²) in [5, 5.41) is 11.8. The molecule has 0 atom stereocenters. The minimum atomic E-state index is 0.0180. The van der Waals surface area contributed by atoms with Gasteiger partial charge in [0.1, 0.15) is 5.82 Å². The number of nitrogens with one attached hydrogen (secondary N) is 1. The van der Waals surface area contributed by atoms with E-state index in [4.69, 9.17) is 0 Å². The van der Waals surface area contributed by atoms with E-state index in [1.165, 1.54) is 17.3 Å². The third kappa shape index (κ3) is 3.84. The maximum atomic E-state index is 11.5. The van der Waals surface area contributed by atoms with Crippen LogP contribution in [0, 0.1) is 6.92 Å². The molecular formula is C14H18N4OS. The van der Waals surface area contributed by atoms with Gasteiger partial charge in [-0.25, -0.2) is 0 Å². The summed E-state index contributed by atoms with van der Waals surface area (Å²) in [5.74, 6) is 1.23. The molecule has 2 aromatic rings. The van der Waals surface area contributed by atoms with E-state index in [1.54, 1.807) is 0 Å². The Kier molecular flexibility index (Phi) is 5.17. The smallest absolute Gasteiger partial charge is 0.230 e. The molecule has 0 saturated heterocycles. The lowest BCUT2D eigenvalue weighted by Crippen LogP contribution is -2.24. The standard InChI is InChI=1S/C14H18N4OS/c1-3-15-13(19)10-20-14-17-16-11(2)18(14)9-12-7-5-4-6-8-12/h4-8H,3,9-10H2,1-2H3,(H,15,19). The van der Waals surface area contributed by atoms with Crippen LogP contribution in [0.4, 0.5) is 0 Å². The highest BCUT2D eigenvalue weighted by atomic mass is 32.2. The molecule has 1 aromatic carbocycles. The number of hydrogen-bond acceptors (Lipinski definition) is 4. The number of carbonyl (C=O) groups is 1. The Morgan fingerprint density at radius 1 is 1.30 bits per heavy atom. The van der Waals surface area contributed by atoms with Crippen LogP contribution in [0.2, 0.25) is 0 Å². The first-order chi connectivity index (χ1) is 9.70.